The maximum atomic E-state index is 12.1. The van der Waals surface area contributed by atoms with Crippen molar-refractivity contribution >= 4 is 11.6 Å². The van der Waals surface area contributed by atoms with E-state index in [9.17, 15) is 4.79 Å². The Kier molecular flexibility index (Phi) is 5.31. The molecule has 114 valence electrons. The Bertz CT molecular complexity index is 676. The van der Waals surface area contributed by atoms with Gasteiger partial charge in [-0.3, -0.25) is 4.79 Å². The van der Waals surface area contributed by atoms with Gasteiger partial charge in [-0.15, -0.1) is 0 Å². The molecule has 2 rings (SSSR count). The predicted octanol–water partition coefficient (Wildman–Crippen LogP) is 3.41. The van der Waals surface area contributed by atoms with Crippen LogP contribution in [0.4, 0.5) is 0 Å². The summed E-state index contributed by atoms with van der Waals surface area (Å²) >= 11 is 0. The number of carbonyl (C=O) groups excluding carboxylic acids is 1. The number of hydrogen-bond acceptors (Lipinski definition) is 3. The van der Waals surface area contributed by atoms with Crippen molar-refractivity contribution < 1.29 is 9.53 Å². The van der Waals surface area contributed by atoms with E-state index >= 15 is 0 Å². The first-order valence-corrected chi connectivity index (χ1v) is 7.22. The van der Waals surface area contributed by atoms with Crippen molar-refractivity contribution in [3.05, 3.63) is 65.2 Å². The normalized spacial score (nSPS) is 11.1. The molecule has 1 N–H and O–H groups in total. The average molecular weight is 296 g/mol. The Morgan fingerprint density at radius 3 is 2.50 bits per heavy atom. The molecule has 0 bridgehead atoms. The number of nitrogens with one attached hydrogen (secondary N) is 1. The van der Waals surface area contributed by atoms with Crippen molar-refractivity contribution in [1.82, 2.24) is 5.43 Å². The van der Waals surface area contributed by atoms with Crippen LogP contribution in [0.15, 0.2) is 53.6 Å². The summed E-state index contributed by atoms with van der Waals surface area (Å²) in [4.78, 5) is 12.1. The zero-order valence-electron chi connectivity index (χ0n) is 13.1. The van der Waals surface area contributed by atoms with E-state index in [4.69, 9.17) is 4.74 Å². The number of hydrazone groups is 1. The van der Waals surface area contributed by atoms with Gasteiger partial charge >= 0.3 is 0 Å². The fourth-order valence-corrected chi connectivity index (χ4v) is 2.01. The lowest BCUT2D eigenvalue weighted by Crippen LogP contribution is -2.19. The third-order valence-electron chi connectivity index (χ3n) is 3.44. The molecule has 0 aromatic heterocycles. The molecule has 1 amide bonds. The van der Waals surface area contributed by atoms with E-state index in [1.807, 2.05) is 19.1 Å². The number of amides is 1. The number of hydrogen-bond donors (Lipinski definition) is 1. The van der Waals surface area contributed by atoms with E-state index in [0.717, 1.165) is 17.7 Å². The number of rotatable bonds is 5. The lowest BCUT2D eigenvalue weighted by atomic mass is 10.1. The quantitative estimate of drug-likeness (QED) is 0.679. The maximum absolute atomic E-state index is 12.1. The summed E-state index contributed by atoms with van der Waals surface area (Å²) in [5, 5.41) is 4.16. The van der Waals surface area contributed by atoms with Crippen LogP contribution in [0.25, 0.3) is 0 Å². The second-order valence-corrected chi connectivity index (χ2v) is 4.92. The van der Waals surface area contributed by atoms with Crippen LogP contribution in [-0.2, 0) is 6.42 Å². The van der Waals surface area contributed by atoms with E-state index in [1.54, 1.807) is 31.4 Å². The molecule has 0 aliphatic carbocycles. The highest BCUT2D eigenvalue weighted by Gasteiger charge is 2.06. The lowest BCUT2D eigenvalue weighted by Gasteiger charge is -2.05. The number of nitrogens with zero attached hydrogens (tertiary/aromatic N) is 1. The lowest BCUT2D eigenvalue weighted by molar-refractivity contribution is 0.0954. The third kappa shape index (κ3) is 3.95. The molecule has 2 aromatic carbocycles. The summed E-state index contributed by atoms with van der Waals surface area (Å²) in [5.74, 6) is 0.381. The Morgan fingerprint density at radius 1 is 1.14 bits per heavy atom. The molecule has 0 spiro atoms. The molecule has 4 nitrogen and oxygen atoms in total. The van der Waals surface area contributed by atoms with Crippen molar-refractivity contribution in [2.24, 2.45) is 5.10 Å². The highest BCUT2D eigenvalue weighted by molar-refractivity contribution is 6.00. The van der Waals surface area contributed by atoms with Gasteiger partial charge in [0.25, 0.3) is 5.91 Å². The van der Waals surface area contributed by atoms with Gasteiger partial charge < -0.3 is 4.74 Å². The summed E-state index contributed by atoms with van der Waals surface area (Å²) in [7, 11) is 1.57. The van der Waals surface area contributed by atoms with Crippen LogP contribution in [0.5, 0.6) is 5.75 Å². The van der Waals surface area contributed by atoms with Crippen molar-refractivity contribution in [3.8, 4) is 5.75 Å². The fraction of sp³-hybridized carbons (Fsp3) is 0.222. The van der Waals surface area contributed by atoms with Gasteiger partial charge in [-0.05, 0) is 42.7 Å². The van der Waals surface area contributed by atoms with Crippen molar-refractivity contribution in [3.63, 3.8) is 0 Å². The summed E-state index contributed by atoms with van der Waals surface area (Å²) < 4.78 is 5.11. The van der Waals surface area contributed by atoms with Crippen LogP contribution >= 0.6 is 0 Å². The molecule has 0 saturated carbocycles. The minimum Gasteiger partial charge on any atom is -0.497 e. The first-order chi connectivity index (χ1) is 10.6. The zero-order chi connectivity index (χ0) is 15.9. The van der Waals surface area contributed by atoms with Crippen LogP contribution in [0.2, 0.25) is 0 Å². The van der Waals surface area contributed by atoms with Crippen LogP contribution in [0.1, 0.15) is 35.3 Å². The molecule has 0 aliphatic rings. The van der Waals surface area contributed by atoms with Gasteiger partial charge in [0.05, 0.1) is 12.8 Å². The van der Waals surface area contributed by atoms with Crippen molar-refractivity contribution in [2.45, 2.75) is 20.3 Å². The molecule has 0 saturated heterocycles. The molecule has 0 aliphatic heterocycles. The Morgan fingerprint density at radius 2 is 1.86 bits per heavy atom. The van der Waals surface area contributed by atoms with Gasteiger partial charge in [-0.1, -0.05) is 37.3 Å². The Hall–Kier alpha value is -2.62. The van der Waals surface area contributed by atoms with E-state index in [2.05, 4.69) is 29.6 Å². The van der Waals surface area contributed by atoms with E-state index < -0.39 is 0 Å². The average Bonchev–Trinajstić information content (AvgIpc) is 2.59. The molecule has 2 aromatic rings. The van der Waals surface area contributed by atoms with Crippen LogP contribution in [0, 0.1) is 0 Å². The SMILES string of the molecule is CCc1ccc(/C(C)=N\NC(=O)c2cccc(OC)c2)cc1. The third-order valence-corrected chi connectivity index (χ3v) is 3.44. The first kappa shape index (κ1) is 15.8. The van der Waals surface area contributed by atoms with Gasteiger partial charge in [0, 0.05) is 5.56 Å². The molecular formula is C18H20N2O2. The molecule has 0 heterocycles. The fourth-order valence-electron chi connectivity index (χ4n) is 2.01. The van der Waals surface area contributed by atoms with Gasteiger partial charge in [0.15, 0.2) is 0 Å². The van der Waals surface area contributed by atoms with Gasteiger partial charge in [0.1, 0.15) is 5.75 Å². The van der Waals surface area contributed by atoms with E-state index in [0.29, 0.717) is 11.3 Å². The van der Waals surface area contributed by atoms with E-state index in [1.165, 1.54) is 5.56 Å². The summed E-state index contributed by atoms with van der Waals surface area (Å²) in [6.07, 6.45) is 1.00. The summed E-state index contributed by atoms with van der Waals surface area (Å²) in [6.45, 7) is 3.98. The first-order valence-electron chi connectivity index (χ1n) is 7.22. The van der Waals surface area contributed by atoms with Crippen molar-refractivity contribution in [2.75, 3.05) is 7.11 Å². The van der Waals surface area contributed by atoms with Gasteiger partial charge in [0.2, 0.25) is 0 Å². The minimum absolute atomic E-state index is 0.261. The summed E-state index contributed by atoms with van der Waals surface area (Å²) in [6, 6.07) is 15.1. The minimum atomic E-state index is -0.261. The maximum Gasteiger partial charge on any atom is 0.271 e. The number of methoxy groups -OCH3 is 1. The van der Waals surface area contributed by atoms with Crippen LogP contribution < -0.4 is 10.2 Å². The largest absolute Gasteiger partial charge is 0.497 e. The highest BCUT2D eigenvalue weighted by Crippen LogP contribution is 2.12. The molecule has 0 fully saturated rings. The molecule has 0 unspecified atom stereocenters. The molecule has 22 heavy (non-hydrogen) atoms. The topological polar surface area (TPSA) is 50.7 Å². The number of ether oxygens (including phenoxy) is 1. The van der Waals surface area contributed by atoms with Crippen LogP contribution in [-0.4, -0.2) is 18.7 Å². The number of benzene rings is 2. The van der Waals surface area contributed by atoms with Crippen molar-refractivity contribution in [1.29, 1.82) is 0 Å². The van der Waals surface area contributed by atoms with Gasteiger partial charge in [-0.25, -0.2) is 5.43 Å². The zero-order valence-corrected chi connectivity index (χ0v) is 13.1. The highest BCUT2D eigenvalue weighted by atomic mass is 16.5. The van der Waals surface area contributed by atoms with Gasteiger partial charge in [-0.2, -0.15) is 5.10 Å². The molecule has 0 atom stereocenters. The predicted molar refractivity (Wildman–Crippen MR) is 88.5 cm³/mol. The number of aryl methyl sites for hydroxylation is 1. The monoisotopic (exact) mass is 296 g/mol. The number of carbonyl (C=O) groups is 1. The molecule has 4 heteroatoms. The Labute approximate surface area is 130 Å². The van der Waals surface area contributed by atoms with Crippen LogP contribution in [0.3, 0.4) is 0 Å². The second-order valence-electron chi connectivity index (χ2n) is 4.92. The smallest absolute Gasteiger partial charge is 0.271 e. The second kappa shape index (κ2) is 7.41. The molecular weight excluding hydrogens is 276 g/mol. The standard InChI is InChI=1S/C18H20N2O2/c1-4-14-8-10-15(11-9-14)13(2)19-20-18(21)16-6-5-7-17(12-16)22-3/h5-12H,4H2,1-3H3,(H,20,21)/b19-13-. The summed E-state index contributed by atoms with van der Waals surface area (Å²) in [5.41, 5.74) is 6.11. The van der Waals surface area contributed by atoms with E-state index in [-0.39, 0.29) is 5.91 Å². The Balaban J connectivity index is 2.07. The molecule has 0 radical (unpaired) electrons.